The number of aromatic nitrogens is 2. The van der Waals surface area contributed by atoms with Crippen LogP contribution in [0.15, 0.2) is 30.6 Å². The molecule has 0 aliphatic heterocycles. The van der Waals surface area contributed by atoms with E-state index in [1.807, 2.05) is 19.0 Å². The second-order valence-corrected chi connectivity index (χ2v) is 5.51. The van der Waals surface area contributed by atoms with Gasteiger partial charge < -0.3 is 10.2 Å². The number of hydrogen-bond acceptors (Lipinski definition) is 5. The molecule has 0 bridgehead atoms. The lowest BCUT2D eigenvalue weighted by Gasteiger charge is -2.08. The molecule has 1 heterocycles. The standard InChI is InChI=1S/C15H19N5O3/c1-11-8-12(4-5-14(11)20(22)23)15(21)17-13-9-16-19(10-13)7-6-18(2)3/h4-5,8-10H,6-7H2,1-3H3,(H,17,21). The summed E-state index contributed by atoms with van der Waals surface area (Å²) in [4.78, 5) is 24.6. The maximum Gasteiger partial charge on any atom is 0.272 e. The van der Waals surface area contributed by atoms with Crippen LogP contribution in [0.1, 0.15) is 15.9 Å². The quantitative estimate of drug-likeness (QED) is 0.649. The van der Waals surface area contributed by atoms with Crippen LogP contribution < -0.4 is 5.32 Å². The molecule has 0 saturated carbocycles. The minimum Gasteiger partial charge on any atom is -0.319 e. The van der Waals surface area contributed by atoms with Gasteiger partial charge in [-0.1, -0.05) is 0 Å². The highest BCUT2D eigenvalue weighted by molar-refractivity contribution is 6.04. The average molecular weight is 317 g/mol. The molecule has 2 aromatic rings. The zero-order valence-electron chi connectivity index (χ0n) is 13.3. The van der Waals surface area contributed by atoms with Gasteiger partial charge in [0.2, 0.25) is 0 Å². The molecule has 122 valence electrons. The molecule has 0 fully saturated rings. The maximum absolute atomic E-state index is 12.2. The summed E-state index contributed by atoms with van der Waals surface area (Å²) in [6.07, 6.45) is 3.32. The van der Waals surface area contributed by atoms with Crippen molar-refractivity contribution in [3.63, 3.8) is 0 Å². The van der Waals surface area contributed by atoms with Crippen molar-refractivity contribution in [2.24, 2.45) is 0 Å². The molecule has 1 amide bonds. The Labute approximate surface area is 133 Å². The van der Waals surface area contributed by atoms with Gasteiger partial charge in [-0.25, -0.2) is 0 Å². The second kappa shape index (κ2) is 7.01. The van der Waals surface area contributed by atoms with E-state index in [2.05, 4.69) is 10.4 Å². The number of nitrogens with one attached hydrogen (secondary N) is 1. The Balaban J connectivity index is 2.04. The van der Waals surface area contributed by atoms with Crippen molar-refractivity contribution >= 4 is 17.3 Å². The predicted octanol–water partition coefficient (Wildman–Crippen LogP) is 1.91. The fourth-order valence-electron chi connectivity index (χ4n) is 2.06. The van der Waals surface area contributed by atoms with Gasteiger partial charge in [0.1, 0.15) is 0 Å². The van der Waals surface area contributed by atoms with Gasteiger partial charge in [-0.3, -0.25) is 19.6 Å². The second-order valence-electron chi connectivity index (χ2n) is 5.51. The molecule has 8 nitrogen and oxygen atoms in total. The van der Waals surface area contributed by atoms with Crippen LogP contribution in [0.5, 0.6) is 0 Å². The van der Waals surface area contributed by atoms with Crippen molar-refractivity contribution in [2.45, 2.75) is 13.5 Å². The van der Waals surface area contributed by atoms with Crippen LogP contribution in [0.4, 0.5) is 11.4 Å². The van der Waals surface area contributed by atoms with Crippen LogP contribution >= 0.6 is 0 Å². The summed E-state index contributed by atoms with van der Waals surface area (Å²) in [7, 11) is 3.95. The molecule has 0 saturated heterocycles. The first-order valence-corrected chi connectivity index (χ1v) is 7.10. The van der Waals surface area contributed by atoms with Crippen LogP contribution in [0.25, 0.3) is 0 Å². The van der Waals surface area contributed by atoms with Gasteiger partial charge in [0, 0.05) is 29.9 Å². The predicted molar refractivity (Wildman–Crippen MR) is 86.6 cm³/mol. The SMILES string of the molecule is Cc1cc(C(=O)Nc2cnn(CCN(C)C)c2)ccc1[N+](=O)[O-]. The van der Waals surface area contributed by atoms with Gasteiger partial charge in [-0.2, -0.15) is 5.10 Å². The Morgan fingerprint density at radius 3 is 2.78 bits per heavy atom. The van der Waals surface area contributed by atoms with Gasteiger partial charge >= 0.3 is 0 Å². The fourth-order valence-corrected chi connectivity index (χ4v) is 2.06. The number of nitro groups is 1. The molecule has 1 N–H and O–H groups in total. The van der Waals surface area contributed by atoms with Crippen molar-refractivity contribution in [1.29, 1.82) is 0 Å². The lowest BCUT2D eigenvalue weighted by molar-refractivity contribution is -0.385. The van der Waals surface area contributed by atoms with Crippen LogP contribution in [-0.4, -0.2) is 46.2 Å². The Kier molecular flexibility index (Phi) is 5.07. The zero-order chi connectivity index (χ0) is 17.0. The molecule has 8 heteroatoms. The van der Waals surface area contributed by atoms with E-state index in [0.29, 0.717) is 16.8 Å². The third-order valence-corrected chi connectivity index (χ3v) is 3.32. The molecule has 0 radical (unpaired) electrons. The normalized spacial score (nSPS) is 10.8. The summed E-state index contributed by atoms with van der Waals surface area (Å²) >= 11 is 0. The number of amides is 1. The van der Waals surface area contributed by atoms with Gasteiger partial charge in [0.15, 0.2) is 0 Å². The first-order valence-electron chi connectivity index (χ1n) is 7.10. The summed E-state index contributed by atoms with van der Waals surface area (Å²) in [6, 6.07) is 4.28. The first kappa shape index (κ1) is 16.6. The minimum atomic E-state index is -0.466. The number of likely N-dealkylation sites (N-methyl/N-ethyl adjacent to an activating group) is 1. The van der Waals surface area contributed by atoms with Gasteiger partial charge in [0.05, 0.1) is 23.4 Å². The topological polar surface area (TPSA) is 93.3 Å². The minimum absolute atomic E-state index is 0.00180. The molecule has 1 aromatic carbocycles. The van der Waals surface area contributed by atoms with Crippen molar-refractivity contribution in [2.75, 3.05) is 26.0 Å². The van der Waals surface area contributed by atoms with Crippen LogP contribution in [0.3, 0.4) is 0 Å². The van der Waals surface area contributed by atoms with E-state index in [-0.39, 0.29) is 11.6 Å². The van der Waals surface area contributed by atoms with E-state index in [1.54, 1.807) is 24.0 Å². The Morgan fingerprint density at radius 1 is 1.43 bits per heavy atom. The number of hydrogen-bond donors (Lipinski definition) is 1. The van der Waals surface area contributed by atoms with Crippen LogP contribution in [-0.2, 0) is 6.54 Å². The van der Waals surface area contributed by atoms with Crippen molar-refractivity contribution in [3.05, 3.63) is 51.8 Å². The number of nitro benzene ring substituents is 1. The number of carbonyl (C=O) groups is 1. The molecule has 1 aromatic heterocycles. The van der Waals surface area contributed by atoms with Gasteiger partial charge in [-0.05, 0) is 33.2 Å². The van der Waals surface area contributed by atoms with Crippen molar-refractivity contribution < 1.29 is 9.72 Å². The molecule has 0 unspecified atom stereocenters. The third-order valence-electron chi connectivity index (χ3n) is 3.32. The molecule has 23 heavy (non-hydrogen) atoms. The summed E-state index contributed by atoms with van der Waals surface area (Å²) in [6.45, 7) is 3.17. The fraction of sp³-hybridized carbons (Fsp3) is 0.333. The van der Waals surface area contributed by atoms with E-state index in [1.165, 1.54) is 18.2 Å². The lowest BCUT2D eigenvalue weighted by Crippen LogP contribution is -2.18. The number of anilines is 1. The number of rotatable bonds is 6. The number of nitrogens with zero attached hydrogens (tertiary/aromatic N) is 4. The molecule has 0 spiro atoms. The van der Waals surface area contributed by atoms with E-state index in [9.17, 15) is 14.9 Å². The molecular weight excluding hydrogens is 298 g/mol. The number of benzene rings is 1. The maximum atomic E-state index is 12.2. The van der Waals surface area contributed by atoms with E-state index >= 15 is 0 Å². The molecular formula is C15H19N5O3. The highest BCUT2D eigenvalue weighted by atomic mass is 16.6. The molecule has 0 aliphatic carbocycles. The highest BCUT2D eigenvalue weighted by Crippen LogP contribution is 2.19. The third kappa shape index (κ3) is 4.36. The average Bonchev–Trinajstić information content (AvgIpc) is 2.92. The summed E-state index contributed by atoms with van der Waals surface area (Å²) < 4.78 is 1.75. The lowest BCUT2D eigenvalue weighted by atomic mass is 10.1. The number of carbonyl (C=O) groups excluding carboxylic acids is 1. The molecule has 0 atom stereocenters. The highest BCUT2D eigenvalue weighted by Gasteiger charge is 2.14. The molecule has 0 aliphatic rings. The Bertz CT molecular complexity index is 724. The monoisotopic (exact) mass is 317 g/mol. The Hall–Kier alpha value is -2.74. The van der Waals surface area contributed by atoms with E-state index in [0.717, 1.165) is 13.1 Å². The van der Waals surface area contributed by atoms with Crippen LogP contribution in [0.2, 0.25) is 0 Å². The van der Waals surface area contributed by atoms with Gasteiger partial charge in [-0.15, -0.1) is 0 Å². The van der Waals surface area contributed by atoms with E-state index < -0.39 is 4.92 Å². The summed E-state index contributed by atoms with van der Waals surface area (Å²) in [5.41, 5.74) is 1.40. The summed E-state index contributed by atoms with van der Waals surface area (Å²) in [5, 5.41) is 17.7. The first-order chi connectivity index (χ1) is 10.9. The van der Waals surface area contributed by atoms with Crippen molar-refractivity contribution in [1.82, 2.24) is 14.7 Å². The smallest absolute Gasteiger partial charge is 0.272 e. The van der Waals surface area contributed by atoms with Crippen molar-refractivity contribution in [3.8, 4) is 0 Å². The zero-order valence-corrected chi connectivity index (χ0v) is 13.3. The summed E-state index contributed by atoms with van der Waals surface area (Å²) in [5.74, 6) is -0.324. The number of aryl methyl sites for hydroxylation is 1. The largest absolute Gasteiger partial charge is 0.319 e. The van der Waals surface area contributed by atoms with Crippen LogP contribution in [0, 0.1) is 17.0 Å². The van der Waals surface area contributed by atoms with E-state index in [4.69, 9.17) is 0 Å². The molecule has 2 rings (SSSR count). The van der Waals surface area contributed by atoms with Gasteiger partial charge in [0.25, 0.3) is 11.6 Å². The Morgan fingerprint density at radius 2 is 2.17 bits per heavy atom.